The summed E-state index contributed by atoms with van der Waals surface area (Å²) in [6, 6.07) is 21.8. The number of halogens is 3. The van der Waals surface area contributed by atoms with E-state index >= 15 is 0 Å². The zero-order chi connectivity index (χ0) is 19.5. The van der Waals surface area contributed by atoms with Crippen molar-refractivity contribution in [3.8, 4) is 0 Å². The van der Waals surface area contributed by atoms with Gasteiger partial charge in [0.15, 0.2) is 0 Å². The van der Waals surface area contributed by atoms with E-state index in [-0.39, 0.29) is 11.9 Å². The average molecular weight is 411 g/mol. The van der Waals surface area contributed by atoms with Crippen LogP contribution in [-0.4, -0.2) is 5.71 Å². The molecule has 1 aliphatic heterocycles. The summed E-state index contributed by atoms with van der Waals surface area (Å²) in [4.78, 5) is 0. The molecule has 1 atom stereocenters. The van der Waals surface area contributed by atoms with Crippen molar-refractivity contribution in [2.45, 2.75) is 12.5 Å². The van der Waals surface area contributed by atoms with Crippen LogP contribution < -0.4 is 5.01 Å². The second-order valence-corrected chi connectivity index (χ2v) is 7.44. The van der Waals surface area contributed by atoms with E-state index in [2.05, 4.69) is 0 Å². The molecule has 5 heteroatoms. The second-order valence-electron chi connectivity index (χ2n) is 6.57. The first-order chi connectivity index (χ1) is 13.6. The molecule has 0 saturated heterocycles. The van der Waals surface area contributed by atoms with E-state index in [1.807, 2.05) is 65.7 Å². The topological polar surface area (TPSA) is 15.6 Å². The van der Waals surface area contributed by atoms with Gasteiger partial charge in [0.2, 0.25) is 0 Å². The Morgan fingerprint density at radius 3 is 2.07 bits per heavy atom. The predicted octanol–water partition coefficient (Wildman–Crippen LogP) is 7.15. The van der Waals surface area contributed by atoms with E-state index in [1.165, 1.54) is 12.1 Å². The molecule has 0 radical (unpaired) electrons. The molecule has 0 N–H and O–H groups in total. The first-order valence-corrected chi connectivity index (χ1v) is 9.65. The maximum absolute atomic E-state index is 13.4. The van der Waals surface area contributed by atoms with E-state index in [0.29, 0.717) is 10.0 Å². The van der Waals surface area contributed by atoms with Gasteiger partial charge in [-0.05, 0) is 65.7 Å². The molecule has 1 aliphatic rings. The number of benzene rings is 3. The zero-order valence-electron chi connectivity index (χ0n) is 14.9. The summed E-state index contributed by atoms with van der Waals surface area (Å²) in [5, 5.41) is 8.12. The van der Waals surface area contributed by atoms with Gasteiger partial charge in [-0.15, -0.1) is 0 Å². The maximum atomic E-state index is 13.4. The average Bonchev–Trinajstić information content (AvgIpc) is 3.13. The van der Waals surface area contributed by atoms with Gasteiger partial charge >= 0.3 is 0 Å². The van der Waals surface area contributed by atoms with Crippen molar-refractivity contribution in [2.75, 3.05) is 5.01 Å². The van der Waals surface area contributed by atoms with Crippen LogP contribution in [0.1, 0.15) is 23.6 Å². The summed E-state index contributed by atoms with van der Waals surface area (Å²) in [5.41, 5.74) is 3.94. The summed E-state index contributed by atoms with van der Waals surface area (Å²) < 4.78 is 13.4. The van der Waals surface area contributed by atoms with E-state index in [0.717, 1.165) is 28.9 Å². The normalized spacial score (nSPS) is 16.6. The van der Waals surface area contributed by atoms with Gasteiger partial charge in [0.25, 0.3) is 0 Å². The molecular formula is C23H17Cl2FN2. The molecule has 28 heavy (non-hydrogen) atoms. The van der Waals surface area contributed by atoms with Crippen molar-refractivity contribution in [1.29, 1.82) is 0 Å². The molecule has 2 nitrogen and oxygen atoms in total. The van der Waals surface area contributed by atoms with Gasteiger partial charge in [-0.1, -0.05) is 53.5 Å². The summed E-state index contributed by atoms with van der Waals surface area (Å²) in [6.45, 7) is 0. The minimum Gasteiger partial charge on any atom is -0.257 e. The number of allylic oxidation sites excluding steroid dienone is 1. The lowest BCUT2D eigenvalue weighted by Gasteiger charge is -2.24. The molecule has 4 rings (SSSR count). The third kappa shape index (κ3) is 4.27. The smallest absolute Gasteiger partial charge is 0.123 e. The quantitative estimate of drug-likeness (QED) is 0.445. The number of nitrogens with zero attached hydrogens (tertiary/aromatic N) is 2. The highest BCUT2D eigenvalue weighted by molar-refractivity contribution is 6.30. The minimum atomic E-state index is -0.266. The van der Waals surface area contributed by atoms with Crippen LogP contribution in [0.5, 0.6) is 0 Å². The monoisotopic (exact) mass is 410 g/mol. The SMILES string of the molecule is Fc1ccc(N2N=C(C=Cc3ccc(Cl)cc3)CC2c2ccc(Cl)cc2)cc1. The Labute approximate surface area is 173 Å². The van der Waals surface area contributed by atoms with E-state index < -0.39 is 0 Å². The number of hydrazone groups is 1. The fraction of sp³-hybridized carbons (Fsp3) is 0.0870. The van der Waals surface area contributed by atoms with Gasteiger partial charge in [0.05, 0.1) is 17.4 Å². The summed E-state index contributed by atoms with van der Waals surface area (Å²) >= 11 is 12.0. The third-order valence-electron chi connectivity index (χ3n) is 4.62. The van der Waals surface area contributed by atoms with Crippen LogP contribution in [0, 0.1) is 5.82 Å². The predicted molar refractivity (Wildman–Crippen MR) is 116 cm³/mol. The second kappa shape index (κ2) is 8.17. The van der Waals surface area contributed by atoms with Crippen LogP contribution >= 0.6 is 23.2 Å². The number of rotatable bonds is 4. The third-order valence-corrected chi connectivity index (χ3v) is 5.12. The lowest BCUT2D eigenvalue weighted by atomic mass is 10.0. The fourth-order valence-electron chi connectivity index (χ4n) is 3.18. The lowest BCUT2D eigenvalue weighted by molar-refractivity contribution is 0.626. The van der Waals surface area contributed by atoms with E-state index in [9.17, 15) is 4.39 Å². The summed E-state index contributed by atoms with van der Waals surface area (Å²) in [6.07, 6.45) is 4.76. The van der Waals surface area contributed by atoms with Crippen LogP contribution in [0.25, 0.3) is 6.08 Å². The van der Waals surface area contributed by atoms with Crippen LogP contribution in [-0.2, 0) is 0 Å². The highest BCUT2D eigenvalue weighted by Crippen LogP contribution is 2.36. The molecule has 1 unspecified atom stereocenters. The van der Waals surface area contributed by atoms with Gasteiger partial charge in [-0.2, -0.15) is 5.10 Å². The Kier molecular flexibility index (Phi) is 5.47. The first-order valence-electron chi connectivity index (χ1n) is 8.90. The van der Waals surface area contributed by atoms with Crippen LogP contribution in [0.3, 0.4) is 0 Å². The molecule has 0 fully saturated rings. The van der Waals surface area contributed by atoms with Crippen molar-refractivity contribution in [3.63, 3.8) is 0 Å². The Morgan fingerprint density at radius 2 is 1.43 bits per heavy atom. The molecular weight excluding hydrogens is 394 g/mol. The molecule has 0 spiro atoms. The Hall–Kier alpha value is -2.62. The van der Waals surface area contributed by atoms with Crippen LogP contribution in [0.2, 0.25) is 10.0 Å². The fourth-order valence-corrected chi connectivity index (χ4v) is 3.43. The number of hydrogen-bond acceptors (Lipinski definition) is 2. The number of anilines is 1. The van der Waals surface area contributed by atoms with Crippen LogP contribution in [0.4, 0.5) is 10.1 Å². The molecule has 0 aliphatic carbocycles. The van der Waals surface area contributed by atoms with Crippen molar-refractivity contribution >= 4 is 40.7 Å². The largest absolute Gasteiger partial charge is 0.257 e. The van der Waals surface area contributed by atoms with Crippen molar-refractivity contribution in [2.24, 2.45) is 5.10 Å². The van der Waals surface area contributed by atoms with Crippen molar-refractivity contribution in [1.82, 2.24) is 0 Å². The molecule has 3 aromatic rings. The Balaban J connectivity index is 1.64. The summed E-state index contributed by atoms with van der Waals surface area (Å²) in [7, 11) is 0. The Morgan fingerprint density at radius 1 is 0.821 bits per heavy atom. The van der Waals surface area contributed by atoms with Gasteiger partial charge < -0.3 is 0 Å². The van der Waals surface area contributed by atoms with Gasteiger partial charge in [-0.3, -0.25) is 5.01 Å². The van der Waals surface area contributed by atoms with Crippen molar-refractivity contribution < 1.29 is 4.39 Å². The lowest BCUT2D eigenvalue weighted by Crippen LogP contribution is -2.18. The Bertz CT molecular complexity index is 1010. The van der Waals surface area contributed by atoms with Gasteiger partial charge in [-0.25, -0.2) is 4.39 Å². The first kappa shape index (κ1) is 18.7. The van der Waals surface area contributed by atoms with Crippen LogP contribution in [0.15, 0.2) is 84.0 Å². The molecule has 1 heterocycles. The standard InChI is InChI=1S/C23H17Cl2FN2/c24-18-6-1-16(2-7-18)3-12-21-15-23(17-4-8-19(25)9-5-17)28(27-21)22-13-10-20(26)11-14-22/h1-14,23H,15H2. The molecule has 0 amide bonds. The zero-order valence-corrected chi connectivity index (χ0v) is 16.4. The van der Waals surface area contributed by atoms with Gasteiger partial charge in [0, 0.05) is 16.5 Å². The molecule has 140 valence electrons. The minimum absolute atomic E-state index is 0.0209. The van der Waals surface area contributed by atoms with Gasteiger partial charge in [0.1, 0.15) is 5.82 Å². The maximum Gasteiger partial charge on any atom is 0.123 e. The highest BCUT2D eigenvalue weighted by Gasteiger charge is 2.28. The van der Waals surface area contributed by atoms with E-state index in [1.54, 1.807) is 12.1 Å². The molecule has 0 bridgehead atoms. The molecule has 3 aromatic carbocycles. The highest BCUT2D eigenvalue weighted by atomic mass is 35.5. The number of hydrogen-bond donors (Lipinski definition) is 0. The van der Waals surface area contributed by atoms with E-state index in [4.69, 9.17) is 28.3 Å². The summed E-state index contributed by atoms with van der Waals surface area (Å²) in [5.74, 6) is -0.266. The van der Waals surface area contributed by atoms with Crippen molar-refractivity contribution in [3.05, 3.63) is 106 Å². The molecule has 0 saturated carbocycles. The molecule has 0 aromatic heterocycles.